The van der Waals surface area contributed by atoms with Crippen molar-refractivity contribution in [2.45, 2.75) is 50.6 Å². The van der Waals surface area contributed by atoms with Crippen LogP contribution < -0.4 is 11.1 Å². The molecule has 2 aromatic carbocycles. The van der Waals surface area contributed by atoms with Crippen molar-refractivity contribution in [3.63, 3.8) is 0 Å². The van der Waals surface area contributed by atoms with E-state index in [1.165, 1.54) is 12.1 Å². The maximum atomic E-state index is 13.9. The number of nitrogens with two attached hydrogens (primary N) is 1. The van der Waals surface area contributed by atoms with Crippen LogP contribution in [0, 0.1) is 11.7 Å². The summed E-state index contributed by atoms with van der Waals surface area (Å²) in [6.45, 7) is 4.88. The van der Waals surface area contributed by atoms with Crippen LogP contribution in [0.2, 0.25) is 0 Å². The fraction of sp³-hybridized carbons (Fsp3) is 0.484. The van der Waals surface area contributed by atoms with Crippen LogP contribution in [-0.4, -0.2) is 84.9 Å². The Labute approximate surface area is 240 Å². The number of fused-ring (bicyclic) bond motifs is 1. The largest absolute Gasteiger partial charge is 0.361 e. The molecule has 0 spiro atoms. The lowest BCUT2D eigenvalue weighted by Gasteiger charge is -2.35. The number of benzene rings is 2. The highest BCUT2D eigenvalue weighted by Crippen LogP contribution is 2.29. The molecule has 3 heterocycles. The van der Waals surface area contributed by atoms with E-state index >= 15 is 0 Å². The summed E-state index contributed by atoms with van der Waals surface area (Å²) in [5, 5.41) is 4.14. The molecule has 5 rings (SSSR count). The van der Waals surface area contributed by atoms with Gasteiger partial charge in [0.15, 0.2) is 6.29 Å². The Hall–Kier alpha value is -3.31. The smallest absolute Gasteiger partial charge is 0.245 e. The molecular weight excluding hydrogens is 525 g/mol. The SMILES string of the molecule is C[C@@H](c1c[nH]c2ccccc12)[C@@H](NC(=O)C1CCCN(Cc2cccc(F)c2)C1)C(=O)N(C)CC1OCC(N)CO1. The van der Waals surface area contributed by atoms with E-state index in [0.717, 1.165) is 41.4 Å². The Morgan fingerprint density at radius 1 is 1.20 bits per heavy atom. The predicted molar refractivity (Wildman–Crippen MR) is 154 cm³/mol. The number of amides is 2. The van der Waals surface area contributed by atoms with Gasteiger partial charge in [0.25, 0.3) is 0 Å². The van der Waals surface area contributed by atoms with E-state index in [1.807, 2.05) is 43.5 Å². The van der Waals surface area contributed by atoms with E-state index in [4.69, 9.17) is 15.2 Å². The minimum atomic E-state index is -0.795. The Morgan fingerprint density at radius 3 is 2.76 bits per heavy atom. The molecule has 3 atom stereocenters. The van der Waals surface area contributed by atoms with Gasteiger partial charge in [-0.1, -0.05) is 37.3 Å². The molecule has 0 saturated carbocycles. The van der Waals surface area contributed by atoms with Gasteiger partial charge in [0.05, 0.1) is 31.7 Å². The number of rotatable bonds is 9. The van der Waals surface area contributed by atoms with Gasteiger partial charge in [0.1, 0.15) is 11.9 Å². The van der Waals surface area contributed by atoms with Crippen molar-refractivity contribution in [2.24, 2.45) is 11.7 Å². The van der Waals surface area contributed by atoms with Crippen LogP contribution in [0.3, 0.4) is 0 Å². The molecule has 0 radical (unpaired) electrons. The number of para-hydroxylation sites is 1. The third-order valence-electron chi connectivity index (χ3n) is 8.14. The number of aromatic amines is 1. The van der Waals surface area contributed by atoms with Crippen LogP contribution in [0.5, 0.6) is 0 Å². The Balaban J connectivity index is 1.31. The molecule has 2 saturated heterocycles. The van der Waals surface area contributed by atoms with E-state index < -0.39 is 12.3 Å². The number of likely N-dealkylation sites (tertiary alicyclic amines) is 1. The van der Waals surface area contributed by atoms with Crippen molar-refractivity contribution in [3.05, 3.63) is 71.7 Å². The number of nitrogens with one attached hydrogen (secondary N) is 2. The van der Waals surface area contributed by atoms with E-state index in [1.54, 1.807) is 18.0 Å². The summed E-state index contributed by atoms with van der Waals surface area (Å²) < 4.78 is 25.0. The molecule has 1 unspecified atom stereocenters. The molecule has 3 aromatic rings. The van der Waals surface area contributed by atoms with Gasteiger partial charge in [-0.25, -0.2) is 4.39 Å². The lowest BCUT2D eigenvalue weighted by Crippen LogP contribution is -2.55. The lowest BCUT2D eigenvalue weighted by atomic mass is 9.90. The van der Waals surface area contributed by atoms with E-state index in [0.29, 0.717) is 26.3 Å². The minimum absolute atomic E-state index is 0.150. The normalized spacial score (nSPS) is 23.2. The number of ether oxygens (including phenoxy) is 2. The van der Waals surface area contributed by atoms with Gasteiger partial charge < -0.3 is 30.4 Å². The minimum Gasteiger partial charge on any atom is -0.361 e. The quantitative estimate of drug-likeness (QED) is 0.368. The maximum Gasteiger partial charge on any atom is 0.245 e. The number of aromatic nitrogens is 1. The number of nitrogens with zero attached hydrogens (tertiary/aromatic N) is 2. The average molecular weight is 566 g/mol. The second kappa shape index (κ2) is 13.1. The first-order valence-electron chi connectivity index (χ1n) is 14.4. The molecule has 2 fully saturated rings. The van der Waals surface area contributed by atoms with Crippen LogP contribution in [0.1, 0.15) is 36.8 Å². The molecule has 2 aliphatic heterocycles. The summed E-state index contributed by atoms with van der Waals surface area (Å²) in [6.07, 6.45) is 2.92. The Kier molecular flexibility index (Phi) is 9.34. The second-order valence-electron chi connectivity index (χ2n) is 11.3. The molecule has 2 amide bonds. The molecule has 41 heavy (non-hydrogen) atoms. The number of likely N-dealkylation sites (N-methyl/N-ethyl adjacent to an activating group) is 1. The zero-order valence-electron chi connectivity index (χ0n) is 23.7. The second-order valence-corrected chi connectivity index (χ2v) is 11.3. The third kappa shape index (κ3) is 7.13. The summed E-state index contributed by atoms with van der Waals surface area (Å²) >= 11 is 0. The van der Waals surface area contributed by atoms with Crippen LogP contribution in [0.15, 0.2) is 54.7 Å². The van der Waals surface area contributed by atoms with Crippen molar-refractivity contribution in [2.75, 3.05) is 39.9 Å². The lowest BCUT2D eigenvalue weighted by molar-refractivity contribution is -0.193. The van der Waals surface area contributed by atoms with Crippen molar-refractivity contribution in [1.82, 2.24) is 20.1 Å². The summed E-state index contributed by atoms with van der Waals surface area (Å²) in [7, 11) is 1.70. The van der Waals surface area contributed by atoms with Crippen LogP contribution in [0.25, 0.3) is 10.9 Å². The summed E-state index contributed by atoms with van der Waals surface area (Å²) in [4.78, 5) is 34.7. The monoisotopic (exact) mass is 565 g/mol. The van der Waals surface area contributed by atoms with Crippen molar-refractivity contribution in [3.8, 4) is 0 Å². The zero-order chi connectivity index (χ0) is 28.9. The molecule has 0 aliphatic carbocycles. The van der Waals surface area contributed by atoms with Crippen LogP contribution >= 0.6 is 0 Å². The highest BCUT2D eigenvalue weighted by atomic mass is 19.1. The van der Waals surface area contributed by atoms with Gasteiger partial charge in [0, 0.05) is 43.2 Å². The van der Waals surface area contributed by atoms with Gasteiger partial charge in [-0.2, -0.15) is 0 Å². The molecule has 0 bridgehead atoms. The number of hydrogen-bond acceptors (Lipinski definition) is 6. The summed E-state index contributed by atoms with van der Waals surface area (Å²) in [5.41, 5.74) is 8.67. The van der Waals surface area contributed by atoms with Crippen molar-refractivity contribution >= 4 is 22.7 Å². The molecule has 4 N–H and O–H groups in total. The van der Waals surface area contributed by atoms with E-state index in [-0.39, 0.29) is 42.1 Å². The summed E-state index contributed by atoms with van der Waals surface area (Å²) in [5.74, 6) is -1.22. The first-order chi connectivity index (χ1) is 19.8. The van der Waals surface area contributed by atoms with Gasteiger partial charge in [-0.15, -0.1) is 0 Å². The van der Waals surface area contributed by atoms with Crippen LogP contribution in [-0.2, 0) is 25.6 Å². The standard InChI is InChI=1S/C31H40FN5O4/c1-20(26-14-34-27-11-4-3-10-25(26)27)29(31(39)36(2)17-28-40-18-24(33)19-41-28)35-30(38)22-8-6-12-37(16-22)15-21-7-5-9-23(32)13-21/h3-5,7,9-11,13-14,20,22,24,28-29,34H,6,8,12,15-19,33H2,1-2H3,(H,35,38)/t20-,22?,24?,28?,29+/m0/s1. The number of hydrogen-bond donors (Lipinski definition) is 3. The average Bonchev–Trinajstić information content (AvgIpc) is 3.41. The Morgan fingerprint density at radius 2 is 1.98 bits per heavy atom. The zero-order valence-corrected chi connectivity index (χ0v) is 23.7. The maximum absolute atomic E-state index is 13.9. The van der Waals surface area contributed by atoms with E-state index in [9.17, 15) is 14.0 Å². The highest BCUT2D eigenvalue weighted by Gasteiger charge is 2.36. The van der Waals surface area contributed by atoms with Crippen molar-refractivity contribution in [1.29, 1.82) is 0 Å². The van der Waals surface area contributed by atoms with Gasteiger partial charge in [0.2, 0.25) is 11.8 Å². The molecule has 10 heteroatoms. The van der Waals surface area contributed by atoms with Crippen LogP contribution in [0.4, 0.5) is 4.39 Å². The number of carbonyl (C=O) groups is 2. The highest BCUT2D eigenvalue weighted by molar-refractivity contribution is 5.91. The van der Waals surface area contributed by atoms with Gasteiger partial charge >= 0.3 is 0 Å². The topological polar surface area (TPSA) is 113 Å². The molecule has 9 nitrogen and oxygen atoms in total. The summed E-state index contributed by atoms with van der Waals surface area (Å²) in [6, 6.07) is 13.5. The number of carbonyl (C=O) groups excluding carboxylic acids is 2. The molecule has 2 aliphatic rings. The van der Waals surface area contributed by atoms with Gasteiger partial charge in [-0.05, 0) is 48.7 Å². The van der Waals surface area contributed by atoms with Crippen molar-refractivity contribution < 1.29 is 23.5 Å². The fourth-order valence-corrected chi connectivity index (χ4v) is 5.84. The first kappa shape index (κ1) is 29.2. The molecular formula is C31H40FN5O4. The number of piperidine rings is 1. The number of halogens is 1. The van der Waals surface area contributed by atoms with Gasteiger partial charge in [-0.3, -0.25) is 14.5 Å². The number of H-pyrrole nitrogens is 1. The van der Waals surface area contributed by atoms with E-state index in [2.05, 4.69) is 15.2 Å². The first-order valence-corrected chi connectivity index (χ1v) is 14.4. The Bertz CT molecular complexity index is 1340. The molecule has 220 valence electrons. The predicted octanol–water partition coefficient (Wildman–Crippen LogP) is 2.97. The third-order valence-corrected chi connectivity index (χ3v) is 8.14. The fourth-order valence-electron chi connectivity index (χ4n) is 5.84. The molecule has 1 aromatic heterocycles.